The number of rotatable bonds is 6. The lowest BCUT2D eigenvalue weighted by Gasteiger charge is -2.09. The van der Waals surface area contributed by atoms with Gasteiger partial charge in [0.05, 0.1) is 5.75 Å². The van der Waals surface area contributed by atoms with Gasteiger partial charge in [0.2, 0.25) is 10.0 Å². The summed E-state index contributed by atoms with van der Waals surface area (Å²) in [6.07, 6.45) is 1.83. The molecule has 0 aliphatic heterocycles. The van der Waals surface area contributed by atoms with Crippen molar-refractivity contribution in [2.24, 2.45) is 0 Å². The molecule has 17 heavy (non-hydrogen) atoms. The van der Waals surface area contributed by atoms with E-state index in [-0.39, 0.29) is 12.2 Å². The molecule has 6 nitrogen and oxygen atoms in total. The van der Waals surface area contributed by atoms with Crippen LogP contribution in [0.25, 0.3) is 0 Å². The Morgan fingerprint density at radius 1 is 1.53 bits per heavy atom. The van der Waals surface area contributed by atoms with Crippen LogP contribution < -0.4 is 4.72 Å². The molecule has 1 atom stereocenters. The Balaban J connectivity index is 2.54. The number of carboxylic acid groups (broad SMARTS) is 1. The van der Waals surface area contributed by atoms with Gasteiger partial charge in [-0.25, -0.2) is 13.1 Å². The monoisotopic (exact) mass is 258 g/mol. The Morgan fingerprint density at radius 3 is 2.76 bits per heavy atom. The zero-order valence-corrected chi connectivity index (χ0v) is 10.1. The molecule has 7 heteroatoms. The summed E-state index contributed by atoms with van der Waals surface area (Å²) in [7, 11) is -3.59. The van der Waals surface area contributed by atoms with Gasteiger partial charge in [0, 0.05) is 18.3 Å². The second-order valence-corrected chi connectivity index (χ2v) is 5.44. The van der Waals surface area contributed by atoms with E-state index in [0.29, 0.717) is 5.69 Å². The van der Waals surface area contributed by atoms with E-state index >= 15 is 0 Å². The van der Waals surface area contributed by atoms with Gasteiger partial charge >= 0.3 is 5.97 Å². The lowest BCUT2D eigenvalue weighted by Crippen LogP contribution is -2.39. The quantitative estimate of drug-likeness (QED) is 0.749. The van der Waals surface area contributed by atoms with E-state index in [9.17, 15) is 13.2 Å². The van der Waals surface area contributed by atoms with E-state index in [4.69, 9.17) is 5.11 Å². The molecule has 94 valence electrons. The van der Waals surface area contributed by atoms with Crippen LogP contribution in [0.15, 0.2) is 24.4 Å². The van der Waals surface area contributed by atoms with E-state index in [1.165, 1.54) is 6.92 Å². The van der Waals surface area contributed by atoms with Crippen molar-refractivity contribution >= 4 is 16.0 Å². The maximum Gasteiger partial charge on any atom is 0.321 e. The smallest absolute Gasteiger partial charge is 0.321 e. The molecule has 0 bridgehead atoms. The molecule has 0 unspecified atom stereocenters. The predicted molar refractivity (Wildman–Crippen MR) is 62.0 cm³/mol. The zero-order chi connectivity index (χ0) is 12.9. The number of hydrogen-bond donors (Lipinski definition) is 2. The van der Waals surface area contributed by atoms with Gasteiger partial charge in [0.15, 0.2) is 0 Å². The molecule has 2 N–H and O–H groups in total. The van der Waals surface area contributed by atoms with Crippen molar-refractivity contribution in [1.29, 1.82) is 0 Å². The molecular weight excluding hydrogens is 244 g/mol. The van der Waals surface area contributed by atoms with Crippen LogP contribution in [0.3, 0.4) is 0 Å². The minimum absolute atomic E-state index is 0.179. The number of aromatic nitrogens is 1. The standard InChI is InChI=1S/C10H14N2O4S/c1-8(10(13)14)12-17(15,16)7-5-9-4-2-3-6-11-9/h2-4,6,8,12H,5,7H2,1H3,(H,13,14)/t8-/m1/s1. The Morgan fingerprint density at radius 2 is 2.24 bits per heavy atom. The number of carbonyl (C=O) groups is 1. The van der Waals surface area contributed by atoms with E-state index in [1.807, 2.05) is 0 Å². The molecule has 1 aromatic rings. The van der Waals surface area contributed by atoms with Crippen LogP contribution in [0.4, 0.5) is 0 Å². The largest absolute Gasteiger partial charge is 0.480 e. The Bertz CT molecular complexity index is 472. The normalized spacial score (nSPS) is 13.2. The number of nitrogens with one attached hydrogen (secondary N) is 1. The summed E-state index contributed by atoms with van der Waals surface area (Å²) >= 11 is 0. The first-order valence-electron chi connectivity index (χ1n) is 5.03. The first-order valence-corrected chi connectivity index (χ1v) is 6.68. The number of sulfonamides is 1. The molecule has 0 saturated carbocycles. The highest BCUT2D eigenvalue weighted by Crippen LogP contribution is 1.98. The molecule has 0 amide bonds. The van der Waals surface area contributed by atoms with Crippen molar-refractivity contribution < 1.29 is 18.3 Å². The first-order chi connectivity index (χ1) is 7.91. The molecule has 0 saturated heterocycles. The summed E-state index contributed by atoms with van der Waals surface area (Å²) in [6.45, 7) is 1.28. The minimum Gasteiger partial charge on any atom is -0.480 e. The third-order valence-electron chi connectivity index (χ3n) is 2.08. The summed E-state index contributed by atoms with van der Waals surface area (Å²) in [5.74, 6) is -1.38. The van der Waals surface area contributed by atoms with Crippen molar-refractivity contribution in [3.8, 4) is 0 Å². The summed E-state index contributed by atoms with van der Waals surface area (Å²) < 4.78 is 25.1. The van der Waals surface area contributed by atoms with Crippen molar-refractivity contribution in [2.75, 3.05) is 5.75 Å². The van der Waals surface area contributed by atoms with Crippen LogP contribution in [0.1, 0.15) is 12.6 Å². The summed E-state index contributed by atoms with van der Waals surface area (Å²) in [6, 6.07) is 4.10. The van der Waals surface area contributed by atoms with Gasteiger partial charge in [-0.3, -0.25) is 9.78 Å². The maximum atomic E-state index is 11.5. The third-order valence-corrected chi connectivity index (χ3v) is 3.53. The van der Waals surface area contributed by atoms with Crippen LogP contribution in [0, 0.1) is 0 Å². The van der Waals surface area contributed by atoms with Crippen LogP contribution in [-0.4, -0.2) is 36.3 Å². The van der Waals surface area contributed by atoms with Crippen LogP contribution in [0.2, 0.25) is 0 Å². The zero-order valence-electron chi connectivity index (χ0n) is 9.33. The van der Waals surface area contributed by atoms with Crippen LogP contribution >= 0.6 is 0 Å². The van der Waals surface area contributed by atoms with Crippen molar-refractivity contribution in [3.63, 3.8) is 0 Å². The molecule has 0 aromatic carbocycles. The SMILES string of the molecule is C[C@@H](NS(=O)(=O)CCc1ccccn1)C(=O)O. The molecule has 1 rings (SSSR count). The van der Waals surface area contributed by atoms with Gasteiger partial charge in [-0.2, -0.15) is 0 Å². The van der Waals surface area contributed by atoms with Gasteiger partial charge < -0.3 is 5.11 Å². The van der Waals surface area contributed by atoms with Crippen LogP contribution in [0.5, 0.6) is 0 Å². The Hall–Kier alpha value is -1.47. The van der Waals surface area contributed by atoms with Gasteiger partial charge in [0.25, 0.3) is 0 Å². The number of hydrogen-bond acceptors (Lipinski definition) is 4. The number of carboxylic acids is 1. The first kappa shape index (κ1) is 13.6. The van der Waals surface area contributed by atoms with E-state index in [1.54, 1.807) is 24.4 Å². The molecule has 1 heterocycles. The molecule has 0 radical (unpaired) electrons. The fourth-order valence-electron chi connectivity index (χ4n) is 1.16. The molecular formula is C10H14N2O4S. The van der Waals surface area contributed by atoms with Crippen molar-refractivity contribution in [1.82, 2.24) is 9.71 Å². The number of nitrogens with zero attached hydrogens (tertiary/aromatic N) is 1. The van der Waals surface area contributed by atoms with E-state index in [2.05, 4.69) is 9.71 Å². The number of aryl methyl sites for hydroxylation is 1. The van der Waals surface area contributed by atoms with Gasteiger partial charge in [-0.15, -0.1) is 0 Å². The average molecular weight is 258 g/mol. The lowest BCUT2D eigenvalue weighted by atomic mass is 10.3. The second kappa shape index (κ2) is 5.74. The Kier molecular flexibility index (Phi) is 4.59. The Labute approximate surface area is 99.7 Å². The highest BCUT2D eigenvalue weighted by molar-refractivity contribution is 7.89. The number of pyridine rings is 1. The summed E-state index contributed by atoms with van der Waals surface area (Å²) in [4.78, 5) is 14.5. The number of aliphatic carboxylic acids is 1. The van der Waals surface area contributed by atoms with Gasteiger partial charge in [-0.05, 0) is 19.1 Å². The molecule has 0 spiro atoms. The molecule has 0 aliphatic rings. The third kappa shape index (κ3) is 4.92. The van der Waals surface area contributed by atoms with Gasteiger partial charge in [-0.1, -0.05) is 6.07 Å². The highest BCUT2D eigenvalue weighted by atomic mass is 32.2. The fraction of sp³-hybridized carbons (Fsp3) is 0.400. The van der Waals surface area contributed by atoms with E-state index in [0.717, 1.165) is 0 Å². The highest BCUT2D eigenvalue weighted by Gasteiger charge is 2.19. The second-order valence-electron chi connectivity index (χ2n) is 3.57. The predicted octanol–water partition coefficient (Wildman–Crippen LogP) is 0.0166. The van der Waals surface area contributed by atoms with Crippen molar-refractivity contribution in [2.45, 2.75) is 19.4 Å². The minimum atomic E-state index is -3.59. The molecule has 1 aromatic heterocycles. The average Bonchev–Trinajstić information content (AvgIpc) is 2.27. The fourth-order valence-corrected chi connectivity index (χ4v) is 2.40. The summed E-state index contributed by atoms with van der Waals surface area (Å²) in [5, 5.41) is 8.59. The maximum absolute atomic E-state index is 11.5. The molecule has 0 fully saturated rings. The summed E-state index contributed by atoms with van der Waals surface area (Å²) in [5.41, 5.74) is 0.654. The van der Waals surface area contributed by atoms with Crippen LogP contribution in [-0.2, 0) is 21.2 Å². The topological polar surface area (TPSA) is 96.4 Å². The van der Waals surface area contributed by atoms with Gasteiger partial charge in [0.1, 0.15) is 6.04 Å². The van der Waals surface area contributed by atoms with E-state index < -0.39 is 22.0 Å². The lowest BCUT2D eigenvalue weighted by molar-refractivity contribution is -0.138. The van der Waals surface area contributed by atoms with Crippen molar-refractivity contribution in [3.05, 3.63) is 30.1 Å². The molecule has 0 aliphatic carbocycles.